The molecule has 2 aromatic heterocycles. The molecule has 27 heavy (non-hydrogen) atoms. The number of furan rings is 1. The monoisotopic (exact) mass is 370 g/mol. The molecule has 0 unspecified atom stereocenters. The molecule has 1 aliphatic heterocycles. The normalized spacial score (nSPS) is 16.4. The standard InChI is InChI=1S/C19H18N2O6/c22-19(26-12-17-20-21-18(27-17)16-4-2-10-24-16)13-5-7-14(8-6-13)25-11-15-3-1-9-23-15/h2,4-8,10,15H,1,3,9,11-12H2/t15-/m0/s1. The summed E-state index contributed by atoms with van der Waals surface area (Å²) in [6.07, 6.45) is 3.74. The molecule has 3 aromatic rings. The second kappa shape index (κ2) is 8.05. The van der Waals surface area contributed by atoms with Crippen LogP contribution in [0.5, 0.6) is 5.75 Å². The van der Waals surface area contributed by atoms with Crippen LogP contribution >= 0.6 is 0 Å². The van der Waals surface area contributed by atoms with Crippen LogP contribution in [0, 0.1) is 0 Å². The topological polar surface area (TPSA) is 96.8 Å². The Labute approximate surface area is 155 Å². The smallest absolute Gasteiger partial charge is 0.338 e. The number of hydrogen-bond donors (Lipinski definition) is 0. The first-order chi connectivity index (χ1) is 13.3. The van der Waals surface area contributed by atoms with Gasteiger partial charge >= 0.3 is 5.97 Å². The zero-order valence-corrected chi connectivity index (χ0v) is 14.5. The highest BCUT2D eigenvalue weighted by Gasteiger charge is 2.16. The summed E-state index contributed by atoms with van der Waals surface area (Å²) in [5.41, 5.74) is 0.408. The molecule has 0 aliphatic carbocycles. The predicted octanol–water partition coefficient (Wildman–Crippen LogP) is 3.24. The van der Waals surface area contributed by atoms with Gasteiger partial charge in [0.1, 0.15) is 12.4 Å². The van der Waals surface area contributed by atoms with Gasteiger partial charge in [-0.2, -0.15) is 0 Å². The number of carbonyl (C=O) groups is 1. The van der Waals surface area contributed by atoms with E-state index in [1.807, 2.05) is 0 Å². The highest BCUT2D eigenvalue weighted by Crippen LogP contribution is 2.19. The third kappa shape index (κ3) is 4.35. The van der Waals surface area contributed by atoms with Crippen LogP contribution in [0.25, 0.3) is 11.7 Å². The summed E-state index contributed by atoms with van der Waals surface area (Å²) in [4.78, 5) is 12.1. The molecule has 0 N–H and O–H groups in total. The van der Waals surface area contributed by atoms with Gasteiger partial charge in [-0.05, 0) is 49.2 Å². The number of hydrogen-bond acceptors (Lipinski definition) is 8. The Bertz CT molecular complexity index is 866. The van der Waals surface area contributed by atoms with Crippen LogP contribution in [0.1, 0.15) is 29.1 Å². The van der Waals surface area contributed by atoms with E-state index in [2.05, 4.69) is 10.2 Å². The number of esters is 1. The lowest BCUT2D eigenvalue weighted by atomic mass is 10.2. The van der Waals surface area contributed by atoms with Crippen LogP contribution in [0.3, 0.4) is 0 Å². The summed E-state index contributed by atoms with van der Waals surface area (Å²) in [7, 11) is 0. The van der Waals surface area contributed by atoms with Crippen molar-refractivity contribution in [3.8, 4) is 17.4 Å². The Kier molecular flexibility index (Phi) is 5.15. The molecule has 0 saturated carbocycles. The lowest BCUT2D eigenvalue weighted by molar-refractivity contribution is 0.0438. The van der Waals surface area contributed by atoms with E-state index in [-0.39, 0.29) is 24.5 Å². The molecular weight excluding hydrogens is 352 g/mol. The Morgan fingerprint density at radius 3 is 2.81 bits per heavy atom. The predicted molar refractivity (Wildman–Crippen MR) is 92.0 cm³/mol. The molecule has 0 spiro atoms. The van der Waals surface area contributed by atoms with Crippen molar-refractivity contribution < 1.29 is 27.8 Å². The Hall–Kier alpha value is -3.13. The molecule has 0 bridgehead atoms. The van der Waals surface area contributed by atoms with Crippen LogP contribution in [-0.4, -0.2) is 35.5 Å². The molecule has 4 rings (SSSR count). The lowest BCUT2D eigenvalue weighted by Gasteiger charge is -2.11. The van der Waals surface area contributed by atoms with E-state index in [0.29, 0.717) is 23.7 Å². The van der Waals surface area contributed by atoms with E-state index in [1.54, 1.807) is 36.4 Å². The molecule has 1 saturated heterocycles. The summed E-state index contributed by atoms with van der Waals surface area (Å²) < 4.78 is 26.9. The first-order valence-electron chi connectivity index (χ1n) is 8.66. The summed E-state index contributed by atoms with van der Waals surface area (Å²) in [6, 6.07) is 10.2. The average molecular weight is 370 g/mol. The van der Waals surface area contributed by atoms with Crippen molar-refractivity contribution in [3.05, 3.63) is 54.1 Å². The van der Waals surface area contributed by atoms with E-state index in [1.165, 1.54) is 6.26 Å². The maximum Gasteiger partial charge on any atom is 0.338 e. The summed E-state index contributed by atoms with van der Waals surface area (Å²) >= 11 is 0. The maximum absolute atomic E-state index is 12.1. The van der Waals surface area contributed by atoms with Crippen molar-refractivity contribution in [2.45, 2.75) is 25.6 Å². The minimum Gasteiger partial charge on any atom is -0.491 e. The molecule has 1 fully saturated rings. The fourth-order valence-electron chi connectivity index (χ4n) is 2.67. The summed E-state index contributed by atoms with van der Waals surface area (Å²) in [5, 5.41) is 7.67. The zero-order chi connectivity index (χ0) is 18.5. The van der Waals surface area contributed by atoms with Crippen LogP contribution in [-0.2, 0) is 16.1 Å². The maximum atomic E-state index is 12.1. The molecule has 8 heteroatoms. The summed E-state index contributed by atoms with van der Waals surface area (Å²) in [6.45, 7) is 1.19. The Balaban J connectivity index is 1.28. The molecule has 0 radical (unpaired) electrons. The lowest BCUT2D eigenvalue weighted by Crippen LogP contribution is -2.16. The van der Waals surface area contributed by atoms with E-state index >= 15 is 0 Å². The summed E-state index contributed by atoms with van der Waals surface area (Å²) in [5.74, 6) is 1.07. The van der Waals surface area contributed by atoms with E-state index < -0.39 is 5.97 Å². The molecular formula is C19H18N2O6. The van der Waals surface area contributed by atoms with Crippen LogP contribution in [0.15, 0.2) is 51.5 Å². The third-order valence-corrected chi connectivity index (χ3v) is 4.08. The SMILES string of the molecule is O=C(OCc1nnc(-c2ccco2)o1)c1ccc(OC[C@@H]2CCCO2)cc1. The molecule has 8 nitrogen and oxygen atoms in total. The third-order valence-electron chi connectivity index (χ3n) is 4.08. The van der Waals surface area contributed by atoms with Gasteiger partial charge in [-0.15, -0.1) is 10.2 Å². The minimum absolute atomic E-state index is 0.121. The Morgan fingerprint density at radius 1 is 1.19 bits per heavy atom. The minimum atomic E-state index is -0.488. The number of carbonyl (C=O) groups excluding carboxylic acids is 1. The molecule has 140 valence electrons. The Morgan fingerprint density at radius 2 is 2.07 bits per heavy atom. The van der Waals surface area contributed by atoms with E-state index in [4.69, 9.17) is 23.0 Å². The van der Waals surface area contributed by atoms with Crippen molar-refractivity contribution in [3.63, 3.8) is 0 Å². The zero-order valence-electron chi connectivity index (χ0n) is 14.5. The van der Waals surface area contributed by atoms with Gasteiger partial charge in [0, 0.05) is 6.61 Å². The van der Waals surface area contributed by atoms with Crippen molar-refractivity contribution in [2.24, 2.45) is 0 Å². The van der Waals surface area contributed by atoms with Crippen molar-refractivity contribution in [2.75, 3.05) is 13.2 Å². The number of benzene rings is 1. The first kappa shape index (κ1) is 17.3. The van der Waals surface area contributed by atoms with Crippen molar-refractivity contribution in [1.29, 1.82) is 0 Å². The number of aromatic nitrogens is 2. The van der Waals surface area contributed by atoms with Gasteiger partial charge in [0.05, 0.1) is 17.9 Å². The average Bonchev–Trinajstić information content (AvgIpc) is 3.47. The van der Waals surface area contributed by atoms with Gasteiger partial charge in [-0.25, -0.2) is 4.79 Å². The number of rotatable bonds is 7. The molecule has 1 aliphatic rings. The molecule has 1 aromatic carbocycles. The quantitative estimate of drug-likeness (QED) is 0.585. The second-order valence-electron chi connectivity index (χ2n) is 6.02. The van der Waals surface area contributed by atoms with E-state index in [0.717, 1.165) is 19.4 Å². The number of nitrogens with zero attached hydrogens (tertiary/aromatic N) is 2. The fourth-order valence-corrected chi connectivity index (χ4v) is 2.67. The van der Waals surface area contributed by atoms with Crippen LogP contribution in [0.2, 0.25) is 0 Å². The van der Waals surface area contributed by atoms with Gasteiger partial charge in [0.15, 0.2) is 12.4 Å². The highest BCUT2D eigenvalue weighted by molar-refractivity contribution is 5.89. The van der Waals surface area contributed by atoms with Gasteiger partial charge in [-0.3, -0.25) is 0 Å². The molecule has 3 heterocycles. The van der Waals surface area contributed by atoms with Crippen LogP contribution in [0.4, 0.5) is 0 Å². The van der Waals surface area contributed by atoms with Gasteiger partial charge in [0.25, 0.3) is 11.8 Å². The van der Waals surface area contributed by atoms with Gasteiger partial charge in [0.2, 0.25) is 0 Å². The van der Waals surface area contributed by atoms with Crippen molar-refractivity contribution in [1.82, 2.24) is 10.2 Å². The molecule has 0 amide bonds. The fraction of sp³-hybridized carbons (Fsp3) is 0.316. The van der Waals surface area contributed by atoms with Gasteiger partial charge < -0.3 is 23.0 Å². The highest BCUT2D eigenvalue weighted by atomic mass is 16.5. The van der Waals surface area contributed by atoms with E-state index in [9.17, 15) is 4.79 Å². The molecule has 1 atom stereocenters. The van der Waals surface area contributed by atoms with Crippen LogP contribution < -0.4 is 4.74 Å². The largest absolute Gasteiger partial charge is 0.491 e. The first-order valence-corrected chi connectivity index (χ1v) is 8.66. The second-order valence-corrected chi connectivity index (χ2v) is 6.02. The number of ether oxygens (including phenoxy) is 3. The van der Waals surface area contributed by atoms with Gasteiger partial charge in [-0.1, -0.05) is 0 Å². The van der Waals surface area contributed by atoms with Crippen molar-refractivity contribution >= 4 is 5.97 Å².